The number of ketones is 1. The number of hydrogen-bond donors (Lipinski definition) is 0. The summed E-state index contributed by atoms with van der Waals surface area (Å²) in [5.41, 5.74) is 1.61. The van der Waals surface area contributed by atoms with E-state index in [1.165, 1.54) is 29.6 Å². The topological polar surface area (TPSA) is 53.2 Å². The van der Waals surface area contributed by atoms with Gasteiger partial charge >= 0.3 is 0 Å². The molecule has 0 atom stereocenters. The van der Waals surface area contributed by atoms with Crippen LogP contribution in [0.3, 0.4) is 0 Å². The smallest absolute Gasteiger partial charge is 0.207 e. The lowest BCUT2D eigenvalue weighted by Gasteiger charge is -2.01. The van der Waals surface area contributed by atoms with Crippen LogP contribution in [0.4, 0.5) is 0 Å². The van der Waals surface area contributed by atoms with Gasteiger partial charge in [0.2, 0.25) is 6.19 Å². The number of carbonyl (C=O) groups excluding carboxylic acids is 1. The standard InChI is InChI=1S/C17H13BrCl2N2OS2/c1-12(2-7-16(19)20)10-25-17(22-11-21)24-9-8-15(23)13-3-5-14(18)6-4-13/h2-9H,10H2,1H3/b9-8+,12-2+,22-17?. The minimum atomic E-state index is -0.112. The molecule has 0 saturated heterocycles. The van der Waals surface area contributed by atoms with Gasteiger partial charge in [0.25, 0.3) is 0 Å². The van der Waals surface area contributed by atoms with Gasteiger partial charge in [-0.1, -0.05) is 74.3 Å². The van der Waals surface area contributed by atoms with Crippen molar-refractivity contribution >= 4 is 72.8 Å². The number of hydrogen-bond acceptors (Lipinski definition) is 5. The summed E-state index contributed by atoms with van der Waals surface area (Å²) in [7, 11) is 0. The fraction of sp³-hybridized carbons (Fsp3) is 0.118. The van der Waals surface area contributed by atoms with Gasteiger partial charge in [-0.15, -0.1) is 0 Å². The second kappa shape index (κ2) is 12.4. The van der Waals surface area contributed by atoms with Crippen LogP contribution in [0.25, 0.3) is 0 Å². The quantitative estimate of drug-likeness (QED) is 0.114. The summed E-state index contributed by atoms with van der Waals surface area (Å²) in [6.07, 6.45) is 6.61. The second-order valence-electron chi connectivity index (χ2n) is 4.53. The monoisotopic (exact) mass is 474 g/mol. The lowest BCUT2D eigenvalue weighted by atomic mass is 10.1. The summed E-state index contributed by atoms with van der Waals surface area (Å²) in [6, 6.07) is 7.10. The van der Waals surface area contributed by atoms with E-state index in [2.05, 4.69) is 20.9 Å². The molecule has 0 aliphatic carbocycles. The maximum atomic E-state index is 12.0. The summed E-state index contributed by atoms with van der Waals surface area (Å²) in [6.45, 7) is 1.92. The zero-order valence-electron chi connectivity index (χ0n) is 13.1. The van der Waals surface area contributed by atoms with Crippen molar-refractivity contribution in [3.05, 3.63) is 68.0 Å². The normalized spacial score (nSPS) is 12.1. The highest BCUT2D eigenvalue weighted by molar-refractivity contribution is 9.10. The van der Waals surface area contributed by atoms with Crippen LogP contribution in [0.15, 0.2) is 67.4 Å². The second-order valence-corrected chi connectivity index (χ2v) is 8.57. The van der Waals surface area contributed by atoms with Crippen LogP contribution < -0.4 is 0 Å². The molecule has 0 heterocycles. The number of carbonyl (C=O) groups is 1. The predicted molar refractivity (Wildman–Crippen MR) is 114 cm³/mol. The molecule has 0 saturated carbocycles. The average Bonchev–Trinajstić information content (AvgIpc) is 2.58. The Kier molecular flexibility index (Phi) is 10.9. The van der Waals surface area contributed by atoms with Crippen molar-refractivity contribution in [2.24, 2.45) is 4.99 Å². The van der Waals surface area contributed by atoms with Crippen molar-refractivity contribution < 1.29 is 4.79 Å². The van der Waals surface area contributed by atoms with Crippen molar-refractivity contribution in [3.8, 4) is 6.19 Å². The van der Waals surface area contributed by atoms with Gasteiger partial charge in [0.1, 0.15) is 8.87 Å². The number of rotatable bonds is 6. The average molecular weight is 476 g/mol. The summed E-state index contributed by atoms with van der Waals surface area (Å²) in [5, 5.41) is 10.4. The van der Waals surface area contributed by atoms with E-state index in [9.17, 15) is 4.79 Å². The maximum Gasteiger partial charge on any atom is 0.207 e. The number of halogens is 3. The highest BCUT2D eigenvalue weighted by Crippen LogP contribution is 2.21. The summed E-state index contributed by atoms with van der Waals surface area (Å²) in [5.74, 6) is 0.513. The van der Waals surface area contributed by atoms with Gasteiger partial charge in [-0.05, 0) is 48.7 Å². The minimum absolute atomic E-state index is 0.112. The van der Waals surface area contributed by atoms with Gasteiger partial charge < -0.3 is 0 Å². The first-order valence-corrected chi connectivity index (χ1v) is 10.2. The Labute approximate surface area is 174 Å². The van der Waals surface area contributed by atoms with Crippen LogP contribution in [0.1, 0.15) is 17.3 Å². The lowest BCUT2D eigenvalue weighted by molar-refractivity contribution is 0.104. The van der Waals surface area contributed by atoms with Crippen molar-refractivity contribution in [1.29, 1.82) is 5.26 Å². The Bertz CT molecular complexity index is 762. The molecular weight excluding hydrogens is 463 g/mol. The number of nitriles is 1. The minimum Gasteiger partial charge on any atom is -0.289 e. The van der Waals surface area contributed by atoms with Crippen molar-refractivity contribution in [3.63, 3.8) is 0 Å². The van der Waals surface area contributed by atoms with E-state index < -0.39 is 0 Å². The van der Waals surface area contributed by atoms with Crippen LogP contribution in [-0.4, -0.2) is 15.9 Å². The van der Waals surface area contributed by atoms with Crippen molar-refractivity contribution in [2.45, 2.75) is 6.92 Å². The summed E-state index contributed by atoms with van der Waals surface area (Å²) >= 11 is 17.0. The van der Waals surface area contributed by atoms with Gasteiger partial charge in [0, 0.05) is 15.8 Å². The highest BCUT2D eigenvalue weighted by atomic mass is 79.9. The lowest BCUT2D eigenvalue weighted by Crippen LogP contribution is -1.93. The molecule has 1 aromatic rings. The molecule has 25 heavy (non-hydrogen) atoms. The van der Waals surface area contributed by atoms with Gasteiger partial charge in [0.15, 0.2) is 5.78 Å². The molecular formula is C17H13BrCl2N2OS2. The summed E-state index contributed by atoms with van der Waals surface area (Å²) < 4.78 is 1.64. The Hall–Kier alpha value is -0.970. The van der Waals surface area contributed by atoms with E-state index in [4.69, 9.17) is 28.5 Å². The number of thioether (sulfide) groups is 2. The zero-order chi connectivity index (χ0) is 18.7. The summed E-state index contributed by atoms with van der Waals surface area (Å²) in [4.78, 5) is 15.8. The first-order valence-electron chi connectivity index (χ1n) is 6.83. The van der Waals surface area contributed by atoms with E-state index >= 15 is 0 Å². The maximum absolute atomic E-state index is 12.0. The van der Waals surface area contributed by atoms with Crippen LogP contribution in [0.5, 0.6) is 0 Å². The largest absolute Gasteiger partial charge is 0.289 e. The highest BCUT2D eigenvalue weighted by Gasteiger charge is 2.03. The van der Waals surface area contributed by atoms with Gasteiger partial charge in [-0.2, -0.15) is 10.3 Å². The molecule has 0 aliphatic heterocycles. The Morgan fingerprint density at radius 3 is 2.60 bits per heavy atom. The molecule has 0 aliphatic rings. The van der Waals surface area contributed by atoms with Crippen LogP contribution in [-0.2, 0) is 0 Å². The first kappa shape index (κ1) is 22.1. The molecule has 0 fully saturated rings. The number of nitrogens with zero attached hydrogens (tertiary/aromatic N) is 2. The van der Waals surface area contributed by atoms with E-state index in [-0.39, 0.29) is 10.3 Å². The molecule has 0 aromatic heterocycles. The zero-order valence-corrected chi connectivity index (χ0v) is 17.8. The SMILES string of the molecule is C/C(=C\C=C(Cl)Cl)CSC(=NC#N)S/C=C/C(=O)c1ccc(Br)cc1. The van der Waals surface area contributed by atoms with E-state index in [1.807, 2.05) is 19.1 Å². The molecule has 1 aromatic carbocycles. The third kappa shape index (κ3) is 9.93. The van der Waals surface area contributed by atoms with E-state index in [0.717, 1.165) is 10.0 Å². The van der Waals surface area contributed by atoms with Gasteiger partial charge in [-0.25, -0.2) is 0 Å². The third-order valence-electron chi connectivity index (χ3n) is 2.58. The van der Waals surface area contributed by atoms with Crippen molar-refractivity contribution in [1.82, 2.24) is 0 Å². The fourth-order valence-corrected chi connectivity index (χ4v) is 3.39. The Morgan fingerprint density at radius 2 is 2.00 bits per heavy atom. The molecule has 0 amide bonds. The predicted octanol–water partition coefficient (Wildman–Crippen LogP) is 6.71. The first-order chi connectivity index (χ1) is 11.9. The number of aliphatic imine (C=N–C) groups is 1. The molecule has 0 N–H and O–H groups in total. The molecule has 0 radical (unpaired) electrons. The molecule has 0 unspecified atom stereocenters. The van der Waals surface area contributed by atoms with Crippen LogP contribution in [0, 0.1) is 11.5 Å². The molecule has 8 heteroatoms. The van der Waals surface area contributed by atoms with Gasteiger partial charge in [-0.3, -0.25) is 4.79 Å². The molecule has 0 spiro atoms. The number of allylic oxidation sites excluding steroid dienone is 3. The molecule has 1 rings (SSSR count). The molecule has 130 valence electrons. The van der Waals surface area contributed by atoms with E-state index in [0.29, 0.717) is 15.7 Å². The van der Waals surface area contributed by atoms with Crippen LogP contribution >= 0.6 is 62.7 Å². The number of benzene rings is 1. The Balaban J connectivity index is 2.61. The van der Waals surface area contributed by atoms with E-state index in [1.54, 1.807) is 35.9 Å². The Morgan fingerprint density at radius 1 is 1.32 bits per heavy atom. The van der Waals surface area contributed by atoms with Gasteiger partial charge in [0.05, 0.1) is 0 Å². The third-order valence-corrected chi connectivity index (χ3v) is 5.50. The fourth-order valence-electron chi connectivity index (χ4n) is 1.43. The molecule has 3 nitrogen and oxygen atoms in total. The molecule has 0 bridgehead atoms. The van der Waals surface area contributed by atoms with Crippen LogP contribution in [0.2, 0.25) is 0 Å². The van der Waals surface area contributed by atoms with Crippen molar-refractivity contribution in [2.75, 3.05) is 5.75 Å².